The first kappa shape index (κ1) is 17.8. The molecule has 0 radical (unpaired) electrons. The molecule has 0 amide bonds. The predicted molar refractivity (Wildman–Crippen MR) is 91.8 cm³/mol. The largest absolute Gasteiger partial charge is 0.494 e. The Labute approximate surface area is 145 Å². The van der Waals surface area contributed by atoms with E-state index in [0.717, 1.165) is 17.6 Å². The molecule has 0 atom stereocenters. The van der Waals surface area contributed by atoms with Gasteiger partial charge in [0.2, 0.25) is 0 Å². The van der Waals surface area contributed by atoms with E-state index in [2.05, 4.69) is 5.32 Å². The Morgan fingerprint density at radius 3 is 1.76 bits per heavy atom. The monoisotopic (exact) mass is 349 g/mol. The van der Waals surface area contributed by atoms with Gasteiger partial charge in [-0.2, -0.15) is 0 Å². The van der Waals surface area contributed by atoms with E-state index in [-0.39, 0.29) is 5.69 Å². The van der Waals surface area contributed by atoms with Gasteiger partial charge in [0.1, 0.15) is 0 Å². The summed E-state index contributed by atoms with van der Waals surface area (Å²) in [6.45, 7) is 7.89. The van der Waals surface area contributed by atoms with Crippen LogP contribution in [0.2, 0.25) is 0 Å². The molecule has 1 aliphatic heterocycles. The van der Waals surface area contributed by atoms with Crippen LogP contribution in [0.25, 0.3) is 0 Å². The van der Waals surface area contributed by atoms with E-state index >= 15 is 0 Å². The second-order valence-corrected chi connectivity index (χ2v) is 7.09. The molecule has 2 aromatic rings. The lowest BCUT2D eigenvalue weighted by atomic mass is 9.79. The van der Waals surface area contributed by atoms with Crippen LogP contribution in [0.1, 0.15) is 27.7 Å². The summed E-state index contributed by atoms with van der Waals surface area (Å²) in [7, 11) is -0.486. The first-order chi connectivity index (χ1) is 11.6. The van der Waals surface area contributed by atoms with Crippen LogP contribution in [0.3, 0.4) is 0 Å². The van der Waals surface area contributed by atoms with Gasteiger partial charge in [-0.15, -0.1) is 0 Å². The smallest absolute Gasteiger partial charge is 0.399 e. The standard InChI is InChI=1S/C18H19BF3NO2/c1-17(2)18(3,4)25-19(24-17)11-5-7-12(8-6-11)23-13-9-14(20)16(22)15(21)10-13/h5-10,23H,1-4H3. The molecule has 0 aliphatic carbocycles. The van der Waals surface area contributed by atoms with Crippen LogP contribution in [0.5, 0.6) is 0 Å². The predicted octanol–water partition coefficient (Wildman–Crippen LogP) is 4.15. The quantitative estimate of drug-likeness (QED) is 0.667. The lowest BCUT2D eigenvalue weighted by molar-refractivity contribution is 0.00578. The van der Waals surface area contributed by atoms with Crippen molar-refractivity contribution < 1.29 is 22.5 Å². The molecule has 0 aromatic heterocycles. The van der Waals surface area contributed by atoms with E-state index < -0.39 is 35.8 Å². The van der Waals surface area contributed by atoms with E-state index in [1.54, 1.807) is 24.3 Å². The molecule has 0 spiro atoms. The van der Waals surface area contributed by atoms with Crippen LogP contribution in [-0.2, 0) is 9.31 Å². The van der Waals surface area contributed by atoms with Crippen LogP contribution in [-0.4, -0.2) is 18.3 Å². The number of rotatable bonds is 3. The lowest BCUT2D eigenvalue weighted by Crippen LogP contribution is -2.41. The van der Waals surface area contributed by atoms with Crippen LogP contribution in [0, 0.1) is 17.5 Å². The Morgan fingerprint density at radius 2 is 1.28 bits per heavy atom. The van der Waals surface area contributed by atoms with Crippen LogP contribution >= 0.6 is 0 Å². The van der Waals surface area contributed by atoms with Crippen molar-refractivity contribution >= 4 is 24.0 Å². The molecule has 1 N–H and O–H groups in total. The topological polar surface area (TPSA) is 30.5 Å². The first-order valence-electron chi connectivity index (χ1n) is 7.96. The molecule has 0 unspecified atom stereocenters. The average Bonchev–Trinajstić information content (AvgIpc) is 2.74. The van der Waals surface area contributed by atoms with Gasteiger partial charge in [0.25, 0.3) is 0 Å². The molecule has 3 nitrogen and oxygen atoms in total. The molecular weight excluding hydrogens is 330 g/mol. The molecule has 25 heavy (non-hydrogen) atoms. The summed E-state index contributed by atoms with van der Waals surface area (Å²) in [6.07, 6.45) is 0. The third kappa shape index (κ3) is 3.39. The van der Waals surface area contributed by atoms with Crippen molar-refractivity contribution in [2.24, 2.45) is 0 Å². The number of hydrogen-bond donors (Lipinski definition) is 1. The summed E-state index contributed by atoms with van der Waals surface area (Å²) >= 11 is 0. The Hall–Kier alpha value is -1.99. The Kier molecular flexibility index (Phi) is 4.33. The molecule has 7 heteroatoms. The molecule has 132 valence electrons. The number of anilines is 2. The van der Waals surface area contributed by atoms with Gasteiger partial charge >= 0.3 is 7.12 Å². The number of nitrogens with one attached hydrogen (secondary N) is 1. The molecule has 2 aromatic carbocycles. The van der Waals surface area contributed by atoms with Crippen molar-refractivity contribution in [3.63, 3.8) is 0 Å². The summed E-state index contributed by atoms with van der Waals surface area (Å²) in [5.41, 5.74) is 0.696. The van der Waals surface area contributed by atoms with Crippen LogP contribution < -0.4 is 10.8 Å². The molecule has 1 fully saturated rings. The highest BCUT2D eigenvalue weighted by Crippen LogP contribution is 2.36. The zero-order valence-electron chi connectivity index (χ0n) is 14.5. The maximum atomic E-state index is 13.3. The molecule has 1 heterocycles. The van der Waals surface area contributed by atoms with Gasteiger partial charge in [-0.3, -0.25) is 0 Å². The van der Waals surface area contributed by atoms with Gasteiger partial charge < -0.3 is 14.6 Å². The second-order valence-electron chi connectivity index (χ2n) is 7.09. The normalized spacial score (nSPS) is 18.4. The van der Waals surface area contributed by atoms with E-state index in [9.17, 15) is 13.2 Å². The molecule has 1 saturated heterocycles. The van der Waals surface area contributed by atoms with E-state index in [1.165, 1.54) is 0 Å². The third-order valence-electron chi connectivity index (χ3n) is 4.71. The van der Waals surface area contributed by atoms with Crippen LogP contribution in [0.4, 0.5) is 24.5 Å². The number of halogens is 3. The minimum absolute atomic E-state index is 0.125. The van der Waals surface area contributed by atoms with Crippen molar-refractivity contribution in [2.75, 3.05) is 5.32 Å². The van der Waals surface area contributed by atoms with E-state index in [0.29, 0.717) is 5.69 Å². The van der Waals surface area contributed by atoms with Crippen molar-refractivity contribution in [3.8, 4) is 0 Å². The fraction of sp³-hybridized carbons (Fsp3) is 0.333. The minimum atomic E-state index is -1.48. The highest BCUT2D eigenvalue weighted by Gasteiger charge is 2.51. The van der Waals surface area contributed by atoms with Crippen LogP contribution in [0.15, 0.2) is 36.4 Å². The zero-order valence-corrected chi connectivity index (χ0v) is 14.5. The minimum Gasteiger partial charge on any atom is -0.399 e. The van der Waals surface area contributed by atoms with Crippen molar-refractivity contribution in [1.29, 1.82) is 0 Å². The first-order valence-corrected chi connectivity index (χ1v) is 7.96. The summed E-state index contributed by atoms with van der Waals surface area (Å²) in [5, 5.41) is 2.83. The van der Waals surface area contributed by atoms with Gasteiger partial charge in [-0.1, -0.05) is 12.1 Å². The Balaban J connectivity index is 1.75. The van der Waals surface area contributed by atoms with Gasteiger partial charge in [0.05, 0.1) is 11.2 Å². The highest BCUT2D eigenvalue weighted by molar-refractivity contribution is 6.62. The fourth-order valence-electron chi connectivity index (χ4n) is 2.50. The molecule has 0 saturated carbocycles. The highest BCUT2D eigenvalue weighted by atomic mass is 19.2. The molecular formula is C18H19BF3NO2. The van der Waals surface area contributed by atoms with Crippen molar-refractivity contribution in [3.05, 3.63) is 53.8 Å². The van der Waals surface area contributed by atoms with E-state index in [4.69, 9.17) is 9.31 Å². The molecule has 0 bridgehead atoms. The second kappa shape index (κ2) is 6.07. The lowest BCUT2D eigenvalue weighted by Gasteiger charge is -2.32. The third-order valence-corrected chi connectivity index (χ3v) is 4.71. The average molecular weight is 349 g/mol. The maximum Gasteiger partial charge on any atom is 0.494 e. The van der Waals surface area contributed by atoms with Gasteiger partial charge in [-0.05, 0) is 45.3 Å². The van der Waals surface area contributed by atoms with Crippen molar-refractivity contribution in [1.82, 2.24) is 0 Å². The van der Waals surface area contributed by atoms with E-state index in [1.807, 2.05) is 27.7 Å². The Morgan fingerprint density at radius 1 is 0.800 bits per heavy atom. The number of hydrogen-bond acceptors (Lipinski definition) is 3. The Bertz CT molecular complexity index is 754. The van der Waals surface area contributed by atoms with Gasteiger partial charge in [0, 0.05) is 23.5 Å². The zero-order chi connectivity index (χ0) is 18.4. The summed E-state index contributed by atoms with van der Waals surface area (Å²) in [4.78, 5) is 0. The van der Waals surface area contributed by atoms with Gasteiger partial charge in [-0.25, -0.2) is 13.2 Å². The fourth-order valence-corrected chi connectivity index (χ4v) is 2.50. The van der Waals surface area contributed by atoms with Gasteiger partial charge in [0.15, 0.2) is 17.5 Å². The summed E-state index contributed by atoms with van der Waals surface area (Å²) in [5.74, 6) is -3.96. The molecule has 1 aliphatic rings. The molecule has 3 rings (SSSR count). The summed E-state index contributed by atoms with van der Waals surface area (Å²) < 4.78 is 51.5. The SMILES string of the molecule is CC1(C)OB(c2ccc(Nc3cc(F)c(F)c(F)c3)cc2)OC1(C)C. The summed E-state index contributed by atoms with van der Waals surface area (Å²) in [6, 6.07) is 8.89. The number of benzene rings is 2. The maximum absolute atomic E-state index is 13.3. The van der Waals surface area contributed by atoms with Crippen molar-refractivity contribution in [2.45, 2.75) is 38.9 Å².